The van der Waals surface area contributed by atoms with Crippen LogP contribution in [0, 0.1) is 0 Å². The van der Waals surface area contributed by atoms with Gasteiger partial charge in [-0.2, -0.15) is 0 Å². The number of nitrogens with one attached hydrogen (secondary N) is 2. The van der Waals surface area contributed by atoms with E-state index in [9.17, 15) is 18.0 Å². The molecule has 3 aromatic carbocycles. The zero-order valence-electron chi connectivity index (χ0n) is 22.2. The van der Waals surface area contributed by atoms with Gasteiger partial charge in [-0.3, -0.25) is 14.3 Å². The van der Waals surface area contributed by atoms with E-state index in [0.717, 1.165) is 5.56 Å². The van der Waals surface area contributed by atoms with E-state index in [4.69, 9.17) is 13.9 Å². The first-order valence-corrected chi connectivity index (χ1v) is 15.0. The van der Waals surface area contributed by atoms with Crippen LogP contribution in [0.25, 0.3) is 0 Å². The minimum absolute atomic E-state index is 0.0143. The first-order valence-electron chi connectivity index (χ1n) is 12.5. The van der Waals surface area contributed by atoms with E-state index in [0.29, 0.717) is 40.8 Å². The summed E-state index contributed by atoms with van der Waals surface area (Å²) < 4.78 is 44.2. The van der Waals surface area contributed by atoms with Gasteiger partial charge in [0, 0.05) is 17.3 Å². The number of furan rings is 1. The van der Waals surface area contributed by atoms with Gasteiger partial charge >= 0.3 is 0 Å². The van der Waals surface area contributed by atoms with Gasteiger partial charge in [0.05, 0.1) is 43.4 Å². The number of carbonyl (C=O) groups is 2. The fourth-order valence-electron chi connectivity index (χ4n) is 4.28. The number of thioether (sulfide) groups is 1. The van der Waals surface area contributed by atoms with E-state index in [-0.39, 0.29) is 27.8 Å². The lowest BCUT2D eigenvalue weighted by Crippen LogP contribution is -2.27. The summed E-state index contributed by atoms with van der Waals surface area (Å²) in [6.45, 7) is 0.376. The van der Waals surface area contributed by atoms with Crippen molar-refractivity contribution in [2.24, 2.45) is 0 Å². The van der Waals surface area contributed by atoms with Crippen LogP contribution in [-0.4, -0.2) is 45.1 Å². The van der Waals surface area contributed by atoms with Gasteiger partial charge in [-0.1, -0.05) is 12.1 Å². The Balaban J connectivity index is 1.23. The Morgan fingerprint density at radius 3 is 2.44 bits per heavy atom. The number of anilines is 2. The van der Waals surface area contributed by atoms with Gasteiger partial charge in [0.1, 0.15) is 22.6 Å². The van der Waals surface area contributed by atoms with Crippen molar-refractivity contribution in [3.05, 3.63) is 102 Å². The molecule has 1 aliphatic heterocycles. The molecule has 1 aromatic heterocycles. The summed E-state index contributed by atoms with van der Waals surface area (Å²) in [5.74, 6) is 1.60. The maximum absolute atomic E-state index is 12.9. The molecule has 10 nitrogen and oxygen atoms in total. The third-order valence-corrected chi connectivity index (χ3v) is 9.05. The van der Waals surface area contributed by atoms with Gasteiger partial charge in [0.25, 0.3) is 15.9 Å². The molecule has 0 spiro atoms. The van der Waals surface area contributed by atoms with Crippen LogP contribution in [0.15, 0.2) is 94.4 Å². The van der Waals surface area contributed by atoms with Crippen LogP contribution in [0.1, 0.15) is 27.1 Å². The standard InChI is InChI=1S/C29H27N3O7S2/c1-37-22-11-14-25(26(16-22)38-2)31-41(35,36)24-12-9-21(10-13-24)30-28(34)19-5-7-20(8-6-19)29-32(27(33)18-40-29)17-23-4-3-15-39-23/h3-16,29,31H,17-18H2,1-2H3,(H,30,34). The first-order chi connectivity index (χ1) is 19.8. The number of benzene rings is 3. The minimum atomic E-state index is -3.92. The largest absolute Gasteiger partial charge is 0.497 e. The topological polar surface area (TPSA) is 127 Å². The summed E-state index contributed by atoms with van der Waals surface area (Å²) >= 11 is 1.52. The molecule has 0 aliphatic carbocycles. The number of ether oxygens (including phenoxy) is 2. The number of sulfonamides is 1. The molecule has 0 radical (unpaired) electrons. The molecule has 212 valence electrons. The number of hydrogen-bond acceptors (Lipinski definition) is 8. The molecular weight excluding hydrogens is 566 g/mol. The molecule has 1 saturated heterocycles. The molecule has 1 fully saturated rings. The van der Waals surface area contributed by atoms with Gasteiger partial charge < -0.3 is 24.1 Å². The van der Waals surface area contributed by atoms with Crippen LogP contribution in [0.3, 0.4) is 0 Å². The van der Waals surface area contributed by atoms with Crippen LogP contribution in [0.2, 0.25) is 0 Å². The lowest BCUT2D eigenvalue weighted by Gasteiger charge is -2.23. The Labute approximate surface area is 241 Å². The van der Waals surface area contributed by atoms with Crippen molar-refractivity contribution in [3.8, 4) is 11.5 Å². The SMILES string of the molecule is COc1ccc(NS(=O)(=O)c2ccc(NC(=O)c3ccc(C4SCC(=O)N4Cc4ccco4)cc3)cc2)c(OC)c1. The van der Waals surface area contributed by atoms with Crippen molar-refractivity contribution in [3.63, 3.8) is 0 Å². The van der Waals surface area contributed by atoms with Crippen molar-refractivity contribution in [2.45, 2.75) is 16.8 Å². The van der Waals surface area contributed by atoms with E-state index < -0.39 is 10.0 Å². The Hall–Kier alpha value is -4.42. The van der Waals surface area contributed by atoms with E-state index in [1.807, 2.05) is 18.2 Å². The van der Waals surface area contributed by atoms with Crippen molar-refractivity contribution in [2.75, 3.05) is 30.0 Å². The molecule has 41 heavy (non-hydrogen) atoms. The van der Waals surface area contributed by atoms with Crippen LogP contribution in [-0.2, 0) is 21.4 Å². The summed E-state index contributed by atoms with van der Waals surface area (Å²) in [7, 11) is -0.982. The Bertz CT molecular complexity index is 1640. The minimum Gasteiger partial charge on any atom is -0.497 e. The van der Waals surface area contributed by atoms with Gasteiger partial charge in [0.2, 0.25) is 5.91 Å². The average Bonchev–Trinajstić information content (AvgIpc) is 3.63. The van der Waals surface area contributed by atoms with Crippen LogP contribution in [0.5, 0.6) is 11.5 Å². The van der Waals surface area contributed by atoms with Crippen LogP contribution < -0.4 is 19.5 Å². The van der Waals surface area contributed by atoms with Crippen molar-refractivity contribution >= 4 is 45.0 Å². The van der Waals surface area contributed by atoms with Crippen LogP contribution >= 0.6 is 11.8 Å². The van der Waals surface area contributed by atoms with E-state index in [2.05, 4.69) is 10.0 Å². The normalized spacial score (nSPS) is 15.0. The first kappa shape index (κ1) is 28.1. The Morgan fingerprint density at radius 2 is 1.78 bits per heavy atom. The quantitative estimate of drug-likeness (QED) is 0.259. The number of methoxy groups -OCH3 is 2. The van der Waals surface area contributed by atoms with E-state index in [1.54, 1.807) is 47.6 Å². The summed E-state index contributed by atoms with van der Waals surface area (Å²) in [6.07, 6.45) is 1.58. The van der Waals surface area contributed by atoms with Gasteiger partial charge in [-0.05, 0) is 66.2 Å². The summed E-state index contributed by atoms with van der Waals surface area (Å²) in [5.41, 5.74) is 2.02. The molecule has 1 aliphatic rings. The highest BCUT2D eigenvalue weighted by molar-refractivity contribution is 8.00. The molecule has 0 saturated carbocycles. The number of carbonyl (C=O) groups excluding carboxylic acids is 2. The lowest BCUT2D eigenvalue weighted by atomic mass is 10.1. The predicted molar refractivity (Wildman–Crippen MR) is 156 cm³/mol. The number of amides is 2. The number of rotatable bonds is 10. The monoisotopic (exact) mass is 593 g/mol. The number of hydrogen-bond donors (Lipinski definition) is 2. The fraction of sp³-hybridized carbons (Fsp3) is 0.172. The van der Waals surface area contributed by atoms with Crippen molar-refractivity contribution in [1.82, 2.24) is 4.90 Å². The highest BCUT2D eigenvalue weighted by atomic mass is 32.2. The van der Waals surface area contributed by atoms with Gasteiger partial charge in [-0.15, -0.1) is 11.8 Å². The highest BCUT2D eigenvalue weighted by Gasteiger charge is 2.33. The molecule has 4 aromatic rings. The third kappa shape index (κ3) is 6.34. The lowest BCUT2D eigenvalue weighted by molar-refractivity contribution is -0.128. The van der Waals surface area contributed by atoms with E-state index in [1.165, 1.54) is 50.2 Å². The maximum atomic E-state index is 12.9. The van der Waals surface area contributed by atoms with Gasteiger partial charge in [0.15, 0.2) is 0 Å². The molecule has 2 heterocycles. The third-order valence-electron chi connectivity index (χ3n) is 6.41. The van der Waals surface area contributed by atoms with Crippen LogP contribution in [0.4, 0.5) is 11.4 Å². The predicted octanol–water partition coefficient (Wildman–Crippen LogP) is 5.12. The zero-order valence-corrected chi connectivity index (χ0v) is 23.8. The van der Waals surface area contributed by atoms with Crippen molar-refractivity contribution in [1.29, 1.82) is 0 Å². The Morgan fingerprint density at radius 1 is 1.02 bits per heavy atom. The van der Waals surface area contributed by atoms with Gasteiger partial charge in [-0.25, -0.2) is 8.42 Å². The highest BCUT2D eigenvalue weighted by Crippen LogP contribution is 2.39. The zero-order chi connectivity index (χ0) is 29.0. The van der Waals surface area contributed by atoms with Crippen molar-refractivity contribution < 1.29 is 31.9 Å². The average molecular weight is 594 g/mol. The fourth-order valence-corrected chi connectivity index (χ4v) is 6.54. The molecule has 1 atom stereocenters. The summed E-state index contributed by atoms with van der Waals surface area (Å²) in [5, 5.41) is 2.61. The molecule has 5 rings (SSSR count). The second-order valence-electron chi connectivity index (χ2n) is 9.04. The smallest absolute Gasteiger partial charge is 0.262 e. The second kappa shape index (κ2) is 12.0. The molecular formula is C29H27N3O7S2. The molecule has 1 unspecified atom stereocenters. The summed E-state index contributed by atoms with van der Waals surface area (Å²) in [6, 6.07) is 21.2. The molecule has 2 amide bonds. The maximum Gasteiger partial charge on any atom is 0.262 e. The molecule has 0 bridgehead atoms. The second-order valence-corrected chi connectivity index (χ2v) is 11.8. The number of nitrogens with zero attached hydrogens (tertiary/aromatic N) is 1. The molecule has 12 heteroatoms. The van der Waals surface area contributed by atoms with E-state index >= 15 is 0 Å². The summed E-state index contributed by atoms with van der Waals surface area (Å²) in [4.78, 5) is 27.1. The Kier molecular flexibility index (Phi) is 8.22. The molecule has 2 N–H and O–H groups in total.